The molecule has 3 aromatic rings. The van der Waals surface area contributed by atoms with Crippen LogP contribution in [0.15, 0.2) is 34.7 Å². The molecule has 2 aromatic carbocycles. The molecule has 5 nitrogen and oxygen atoms in total. The Balaban J connectivity index is 1.73. The number of hydrogen-bond acceptors (Lipinski definition) is 4. The summed E-state index contributed by atoms with van der Waals surface area (Å²) in [5.41, 5.74) is 0.501. The van der Waals surface area contributed by atoms with Crippen molar-refractivity contribution in [3.63, 3.8) is 0 Å². The Labute approximate surface area is 175 Å². The van der Waals surface area contributed by atoms with Crippen LogP contribution < -0.4 is 14.8 Å². The van der Waals surface area contributed by atoms with Crippen LogP contribution in [0.25, 0.3) is 0 Å². The highest BCUT2D eigenvalue weighted by atomic mass is 19.3. The van der Waals surface area contributed by atoms with Crippen molar-refractivity contribution in [3.8, 4) is 11.5 Å². The van der Waals surface area contributed by atoms with Crippen molar-refractivity contribution in [1.82, 2.24) is 0 Å². The number of anilines is 1. The van der Waals surface area contributed by atoms with Crippen molar-refractivity contribution < 1.29 is 49.4 Å². The first-order valence-electron chi connectivity index (χ1n) is 8.68. The summed E-state index contributed by atoms with van der Waals surface area (Å²) in [5, 5.41) is 2.29. The van der Waals surface area contributed by atoms with E-state index in [-0.39, 0.29) is 23.0 Å². The van der Waals surface area contributed by atoms with Gasteiger partial charge in [0.05, 0.1) is 5.69 Å². The lowest BCUT2D eigenvalue weighted by molar-refractivity contribution is -0.0494. The molecule has 0 bridgehead atoms. The van der Waals surface area contributed by atoms with E-state index in [1.165, 1.54) is 18.2 Å². The first-order chi connectivity index (χ1) is 15.1. The third-order valence-electron chi connectivity index (χ3n) is 4.02. The van der Waals surface area contributed by atoms with Crippen LogP contribution in [-0.2, 0) is 6.61 Å². The minimum absolute atomic E-state index is 0.0866. The van der Waals surface area contributed by atoms with Crippen LogP contribution in [-0.4, -0.2) is 12.5 Å². The Bertz CT molecular complexity index is 1130. The standard InChI is InChI=1S/C20H12F7NO4/c1-8-2-4-10(12(6-8)32-20(26)27)28-19(29)11-5-3-9(31-11)7-30-18-16(24)14(22)13(21)15(23)17(18)25/h2-6,20H,7H2,1H3,(H,28,29). The van der Waals surface area contributed by atoms with Gasteiger partial charge in [-0.1, -0.05) is 6.07 Å². The van der Waals surface area contributed by atoms with Gasteiger partial charge in [-0.2, -0.15) is 17.6 Å². The van der Waals surface area contributed by atoms with Crippen LogP contribution in [0, 0.1) is 36.0 Å². The molecule has 0 saturated heterocycles. The van der Waals surface area contributed by atoms with Gasteiger partial charge in [-0.3, -0.25) is 4.79 Å². The zero-order valence-corrected chi connectivity index (χ0v) is 15.9. The van der Waals surface area contributed by atoms with E-state index in [9.17, 15) is 35.5 Å². The van der Waals surface area contributed by atoms with E-state index >= 15 is 0 Å². The van der Waals surface area contributed by atoms with Crippen molar-refractivity contribution in [2.24, 2.45) is 0 Å². The molecular weight excluding hydrogens is 451 g/mol. The molecule has 0 aliphatic heterocycles. The summed E-state index contributed by atoms with van der Waals surface area (Å²) in [6.45, 7) is -2.30. The van der Waals surface area contributed by atoms with E-state index in [0.29, 0.717) is 5.56 Å². The normalized spacial score (nSPS) is 11.0. The maximum Gasteiger partial charge on any atom is 0.387 e. The largest absolute Gasteiger partial charge is 0.479 e. The Morgan fingerprint density at radius 2 is 1.59 bits per heavy atom. The molecule has 0 spiro atoms. The van der Waals surface area contributed by atoms with Gasteiger partial charge < -0.3 is 19.2 Å². The second-order valence-corrected chi connectivity index (χ2v) is 6.29. The van der Waals surface area contributed by atoms with Gasteiger partial charge in [-0.25, -0.2) is 13.2 Å². The van der Waals surface area contributed by atoms with Gasteiger partial charge in [0, 0.05) is 0 Å². The molecule has 0 radical (unpaired) electrons. The second-order valence-electron chi connectivity index (χ2n) is 6.29. The summed E-state index contributed by atoms with van der Waals surface area (Å²) >= 11 is 0. The average molecular weight is 463 g/mol. The van der Waals surface area contributed by atoms with Crippen LogP contribution in [0.2, 0.25) is 0 Å². The molecule has 0 unspecified atom stereocenters. The molecule has 0 fully saturated rings. The number of furan rings is 1. The summed E-state index contributed by atoms with van der Waals surface area (Å²) in [4.78, 5) is 12.3. The summed E-state index contributed by atoms with van der Waals surface area (Å²) < 4.78 is 106. The fourth-order valence-corrected chi connectivity index (χ4v) is 2.54. The fourth-order valence-electron chi connectivity index (χ4n) is 2.54. The van der Waals surface area contributed by atoms with E-state index in [4.69, 9.17) is 4.42 Å². The minimum atomic E-state index is -3.14. The number of benzene rings is 2. The van der Waals surface area contributed by atoms with Gasteiger partial charge in [-0.05, 0) is 36.8 Å². The van der Waals surface area contributed by atoms with Crippen molar-refractivity contribution in [2.45, 2.75) is 20.1 Å². The molecule has 1 amide bonds. The lowest BCUT2D eigenvalue weighted by Crippen LogP contribution is -2.13. The zero-order chi connectivity index (χ0) is 23.6. The molecule has 32 heavy (non-hydrogen) atoms. The van der Waals surface area contributed by atoms with Gasteiger partial charge >= 0.3 is 6.61 Å². The first-order valence-corrected chi connectivity index (χ1v) is 8.68. The number of nitrogens with one attached hydrogen (secondary N) is 1. The lowest BCUT2D eigenvalue weighted by Gasteiger charge is -2.12. The van der Waals surface area contributed by atoms with Crippen LogP contribution in [0.1, 0.15) is 21.9 Å². The molecule has 1 N–H and O–H groups in total. The second kappa shape index (κ2) is 9.20. The topological polar surface area (TPSA) is 60.7 Å². The quantitative estimate of drug-likeness (QED) is 0.277. The summed E-state index contributed by atoms with van der Waals surface area (Å²) in [5.74, 6) is -14.3. The molecule has 0 atom stereocenters. The van der Waals surface area contributed by atoms with E-state index in [1.807, 2.05) is 0 Å². The molecule has 12 heteroatoms. The number of aryl methyl sites for hydroxylation is 1. The third kappa shape index (κ3) is 4.79. The zero-order valence-electron chi connectivity index (χ0n) is 15.9. The van der Waals surface area contributed by atoms with Gasteiger partial charge in [0.2, 0.25) is 29.1 Å². The Morgan fingerprint density at radius 1 is 0.969 bits per heavy atom. The molecule has 170 valence electrons. The average Bonchev–Trinajstić information content (AvgIpc) is 3.21. The van der Waals surface area contributed by atoms with Gasteiger partial charge in [0.15, 0.2) is 11.5 Å². The molecule has 0 aliphatic carbocycles. The number of rotatable bonds is 7. The van der Waals surface area contributed by atoms with E-state index < -0.39 is 54.0 Å². The molecule has 1 heterocycles. The van der Waals surface area contributed by atoms with Gasteiger partial charge in [-0.15, -0.1) is 0 Å². The highest BCUT2D eigenvalue weighted by molar-refractivity contribution is 6.03. The number of alkyl halides is 2. The molecule has 0 aliphatic rings. The monoisotopic (exact) mass is 463 g/mol. The Kier molecular flexibility index (Phi) is 6.61. The molecule has 0 saturated carbocycles. The lowest BCUT2D eigenvalue weighted by atomic mass is 10.2. The highest BCUT2D eigenvalue weighted by Gasteiger charge is 2.27. The van der Waals surface area contributed by atoms with Crippen molar-refractivity contribution >= 4 is 11.6 Å². The van der Waals surface area contributed by atoms with Crippen LogP contribution in [0.5, 0.6) is 11.5 Å². The maximum atomic E-state index is 13.6. The predicted octanol–water partition coefficient (Wildman–Crippen LogP) is 5.72. The molecular formula is C20H12F7NO4. The number of halogens is 7. The van der Waals surface area contributed by atoms with Crippen molar-refractivity contribution in [1.29, 1.82) is 0 Å². The van der Waals surface area contributed by atoms with Crippen LogP contribution in [0.3, 0.4) is 0 Å². The predicted molar refractivity (Wildman–Crippen MR) is 95.0 cm³/mol. The van der Waals surface area contributed by atoms with E-state index in [2.05, 4.69) is 14.8 Å². The first kappa shape index (κ1) is 23.0. The van der Waals surface area contributed by atoms with Crippen molar-refractivity contribution in [2.75, 3.05) is 5.32 Å². The molecule has 1 aromatic heterocycles. The minimum Gasteiger partial charge on any atom is -0.479 e. The SMILES string of the molecule is Cc1ccc(NC(=O)c2ccc(COc3c(F)c(F)c(F)c(F)c3F)o2)c(OC(F)F)c1. The van der Waals surface area contributed by atoms with Crippen LogP contribution >= 0.6 is 0 Å². The van der Waals surface area contributed by atoms with E-state index in [1.54, 1.807) is 6.92 Å². The number of ether oxygens (including phenoxy) is 2. The number of carbonyl (C=O) groups excluding carboxylic acids is 1. The number of carbonyl (C=O) groups is 1. The summed E-state index contributed by atoms with van der Waals surface area (Å²) in [7, 11) is 0. The molecule has 3 rings (SSSR count). The summed E-state index contributed by atoms with van der Waals surface area (Å²) in [6.07, 6.45) is 0. The number of hydrogen-bond donors (Lipinski definition) is 1. The highest BCUT2D eigenvalue weighted by Crippen LogP contribution is 2.30. The Hall–Kier alpha value is -3.70. The number of amides is 1. The fraction of sp³-hybridized carbons (Fsp3) is 0.150. The summed E-state index contributed by atoms with van der Waals surface area (Å²) in [6, 6.07) is 6.38. The van der Waals surface area contributed by atoms with Crippen LogP contribution in [0.4, 0.5) is 36.4 Å². The third-order valence-corrected chi connectivity index (χ3v) is 4.02. The van der Waals surface area contributed by atoms with Crippen molar-refractivity contribution in [3.05, 3.63) is 76.5 Å². The smallest absolute Gasteiger partial charge is 0.387 e. The Morgan fingerprint density at radius 3 is 2.22 bits per heavy atom. The van der Waals surface area contributed by atoms with Gasteiger partial charge in [0.25, 0.3) is 5.91 Å². The maximum absolute atomic E-state index is 13.6. The van der Waals surface area contributed by atoms with E-state index in [0.717, 1.165) is 12.1 Å². The van der Waals surface area contributed by atoms with Gasteiger partial charge in [0.1, 0.15) is 18.1 Å².